The lowest BCUT2D eigenvalue weighted by molar-refractivity contribution is -0.131. The fourth-order valence-corrected chi connectivity index (χ4v) is 1.99. The number of carbonyl (C=O) groups excluding carboxylic acids is 1. The van der Waals surface area contributed by atoms with Crippen LogP contribution in [-0.4, -0.2) is 23.9 Å². The lowest BCUT2D eigenvalue weighted by atomic mass is 10.1. The van der Waals surface area contributed by atoms with Crippen molar-refractivity contribution < 1.29 is 4.79 Å². The van der Waals surface area contributed by atoms with Crippen LogP contribution in [0.15, 0.2) is 30.3 Å². The summed E-state index contributed by atoms with van der Waals surface area (Å²) < 4.78 is 0. The first kappa shape index (κ1) is 14.7. The zero-order valence-corrected chi connectivity index (χ0v) is 11.9. The summed E-state index contributed by atoms with van der Waals surface area (Å²) in [5.74, 6) is 0.782. The zero-order valence-electron chi connectivity index (χ0n) is 11.9. The summed E-state index contributed by atoms with van der Waals surface area (Å²) >= 11 is 0. The second-order valence-electron chi connectivity index (χ2n) is 5.25. The van der Waals surface area contributed by atoms with Crippen molar-refractivity contribution in [3.63, 3.8) is 0 Å². The van der Waals surface area contributed by atoms with E-state index in [4.69, 9.17) is 0 Å². The van der Waals surface area contributed by atoms with E-state index in [1.807, 2.05) is 35.2 Å². The maximum absolute atomic E-state index is 12.3. The number of hydrogen-bond donors (Lipinski definition) is 0. The van der Waals surface area contributed by atoms with Crippen molar-refractivity contribution in [3.05, 3.63) is 35.9 Å². The molecule has 100 valence electrons. The van der Waals surface area contributed by atoms with Crippen LogP contribution in [0, 0.1) is 5.92 Å². The van der Waals surface area contributed by atoms with Gasteiger partial charge >= 0.3 is 0 Å². The molecule has 0 aliphatic carbocycles. The Kier molecular flexibility index (Phi) is 6.48. The van der Waals surface area contributed by atoms with Gasteiger partial charge in [0.05, 0.1) is 6.42 Å². The molecule has 0 saturated heterocycles. The molecule has 2 heteroatoms. The Morgan fingerprint density at radius 3 is 2.44 bits per heavy atom. The normalized spacial score (nSPS) is 10.7. The molecule has 2 nitrogen and oxygen atoms in total. The molecule has 18 heavy (non-hydrogen) atoms. The van der Waals surface area contributed by atoms with Gasteiger partial charge in [-0.15, -0.1) is 0 Å². The maximum atomic E-state index is 12.3. The standard InChI is InChI=1S/C16H25NO/c1-4-5-11-17(13-14(2)3)16(18)12-15-9-7-6-8-10-15/h6-10,14H,4-5,11-13H2,1-3H3. The minimum atomic E-state index is 0.253. The van der Waals surface area contributed by atoms with Gasteiger partial charge in [-0.25, -0.2) is 0 Å². The lowest BCUT2D eigenvalue weighted by Crippen LogP contribution is -2.36. The highest BCUT2D eigenvalue weighted by Crippen LogP contribution is 2.07. The first-order valence-electron chi connectivity index (χ1n) is 6.95. The molecule has 0 atom stereocenters. The van der Waals surface area contributed by atoms with Crippen LogP contribution < -0.4 is 0 Å². The predicted octanol–water partition coefficient (Wildman–Crippen LogP) is 3.51. The Hall–Kier alpha value is -1.31. The molecule has 0 unspecified atom stereocenters. The van der Waals surface area contributed by atoms with Gasteiger partial charge in [0, 0.05) is 13.1 Å². The molecule has 1 aromatic carbocycles. The molecule has 0 saturated carbocycles. The van der Waals surface area contributed by atoms with E-state index in [0.29, 0.717) is 12.3 Å². The minimum absolute atomic E-state index is 0.253. The SMILES string of the molecule is CCCCN(CC(C)C)C(=O)Cc1ccccc1. The third kappa shape index (κ3) is 5.35. The number of amides is 1. The van der Waals surface area contributed by atoms with Crippen LogP contribution in [0.2, 0.25) is 0 Å². The Morgan fingerprint density at radius 2 is 1.89 bits per heavy atom. The van der Waals surface area contributed by atoms with Crippen molar-refractivity contribution in [3.8, 4) is 0 Å². The molecule has 1 amide bonds. The number of carbonyl (C=O) groups is 1. The van der Waals surface area contributed by atoms with Crippen molar-refractivity contribution in [2.45, 2.75) is 40.0 Å². The van der Waals surface area contributed by atoms with Crippen molar-refractivity contribution in [2.75, 3.05) is 13.1 Å². The van der Waals surface area contributed by atoms with Crippen molar-refractivity contribution in [1.82, 2.24) is 4.90 Å². The van der Waals surface area contributed by atoms with Crippen LogP contribution in [0.3, 0.4) is 0 Å². The first-order valence-corrected chi connectivity index (χ1v) is 6.95. The quantitative estimate of drug-likeness (QED) is 0.722. The smallest absolute Gasteiger partial charge is 0.226 e. The minimum Gasteiger partial charge on any atom is -0.342 e. The van der Waals surface area contributed by atoms with Gasteiger partial charge in [0.2, 0.25) is 5.91 Å². The molecule has 0 aliphatic heterocycles. The number of nitrogens with zero attached hydrogens (tertiary/aromatic N) is 1. The van der Waals surface area contributed by atoms with E-state index in [2.05, 4.69) is 20.8 Å². The Bertz CT molecular complexity index is 345. The average Bonchev–Trinajstić information content (AvgIpc) is 2.35. The van der Waals surface area contributed by atoms with E-state index in [-0.39, 0.29) is 5.91 Å². The van der Waals surface area contributed by atoms with Gasteiger partial charge < -0.3 is 4.90 Å². The molecule has 0 aromatic heterocycles. The van der Waals surface area contributed by atoms with Gasteiger partial charge in [0.1, 0.15) is 0 Å². The summed E-state index contributed by atoms with van der Waals surface area (Å²) in [6, 6.07) is 10.00. The van der Waals surface area contributed by atoms with E-state index in [0.717, 1.165) is 31.5 Å². The molecule has 0 aliphatic rings. The average molecular weight is 247 g/mol. The van der Waals surface area contributed by atoms with Crippen LogP contribution >= 0.6 is 0 Å². The molecular formula is C16H25NO. The van der Waals surface area contributed by atoms with E-state index in [9.17, 15) is 4.79 Å². The molecule has 0 heterocycles. The summed E-state index contributed by atoms with van der Waals surface area (Å²) in [4.78, 5) is 14.3. The summed E-state index contributed by atoms with van der Waals surface area (Å²) in [7, 11) is 0. The van der Waals surface area contributed by atoms with Crippen LogP contribution in [0.5, 0.6) is 0 Å². The lowest BCUT2D eigenvalue weighted by Gasteiger charge is -2.24. The monoisotopic (exact) mass is 247 g/mol. The molecule has 1 rings (SSSR count). The Morgan fingerprint density at radius 1 is 1.22 bits per heavy atom. The Labute approximate surface area is 111 Å². The van der Waals surface area contributed by atoms with Gasteiger partial charge in [0.15, 0.2) is 0 Å². The van der Waals surface area contributed by atoms with Crippen LogP contribution in [0.4, 0.5) is 0 Å². The van der Waals surface area contributed by atoms with Gasteiger partial charge in [-0.2, -0.15) is 0 Å². The number of hydrogen-bond acceptors (Lipinski definition) is 1. The van der Waals surface area contributed by atoms with Crippen LogP contribution in [0.1, 0.15) is 39.2 Å². The van der Waals surface area contributed by atoms with Gasteiger partial charge in [0.25, 0.3) is 0 Å². The molecule has 0 fully saturated rings. The maximum Gasteiger partial charge on any atom is 0.226 e. The Balaban J connectivity index is 2.58. The fraction of sp³-hybridized carbons (Fsp3) is 0.562. The van der Waals surface area contributed by atoms with Crippen LogP contribution in [0.25, 0.3) is 0 Å². The van der Waals surface area contributed by atoms with Gasteiger partial charge in [-0.05, 0) is 17.9 Å². The van der Waals surface area contributed by atoms with Gasteiger partial charge in [-0.3, -0.25) is 4.79 Å². The predicted molar refractivity (Wildman–Crippen MR) is 76.5 cm³/mol. The number of unbranched alkanes of at least 4 members (excludes halogenated alkanes) is 1. The fourth-order valence-electron chi connectivity index (χ4n) is 1.99. The summed E-state index contributed by atoms with van der Waals surface area (Å²) in [6.07, 6.45) is 2.75. The molecule has 1 aromatic rings. The molecule has 0 spiro atoms. The van der Waals surface area contributed by atoms with E-state index in [1.165, 1.54) is 0 Å². The topological polar surface area (TPSA) is 20.3 Å². The highest BCUT2D eigenvalue weighted by atomic mass is 16.2. The third-order valence-corrected chi connectivity index (χ3v) is 2.92. The highest BCUT2D eigenvalue weighted by molar-refractivity contribution is 5.78. The largest absolute Gasteiger partial charge is 0.342 e. The molecular weight excluding hydrogens is 222 g/mol. The molecule has 0 radical (unpaired) electrons. The van der Waals surface area contributed by atoms with Crippen LogP contribution in [-0.2, 0) is 11.2 Å². The summed E-state index contributed by atoms with van der Waals surface area (Å²) in [5.41, 5.74) is 1.10. The number of rotatable bonds is 7. The zero-order chi connectivity index (χ0) is 13.4. The molecule has 0 N–H and O–H groups in total. The number of benzene rings is 1. The van der Waals surface area contributed by atoms with Gasteiger partial charge in [-0.1, -0.05) is 57.5 Å². The van der Waals surface area contributed by atoms with E-state index < -0.39 is 0 Å². The van der Waals surface area contributed by atoms with E-state index in [1.54, 1.807) is 0 Å². The molecule has 0 bridgehead atoms. The van der Waals surface area contributed by atoms with Crippen molar-refractivity contribution in [2.24, 2.45) is 5.92 Å². The highest BCUT2D eigenvalue weighted by Gasteiger charge is 2.14. The second kappa shape index (κ2) is 7.91. The van der Waals surface area contributed by atoms with Crippen molar-refractivity contribution in [1.29, 1.82) is 0 Å². The summed E-state index contributed by atoms with van der Waals surface area (Å²) in [5, 5.41) is 0. The first-order chi connectivity index (χ1) is 8.63. The summed E-state index contributed by atoms with van der Waals surface area (Å²) in [6.45, 7) is 8.24. The van der Waals surface area contributed by atoms with E-state index >= 15 is 0 Å². The second-order valence-corrected chi connectivity index (χ2v) is 5.25. The van der Waals surface area contributed by atoms with Crippen molar-refractivity contribution >= 4 is 5.91 Å². The third-order valence-electron chi connectivity index (χ3n) is 2.92.